The summed E-state index contributed by atoms with van der Waals surface area (Å²) in [6, 6.07) is 5.85. The molecule has 0 radical (unpaired) electrons. The van der Waals surface area contributed by atoms with Gasteiger partial charge in [0.25, 0.3) is 0 Å². The fraction of sp³-hybridized carbons (Fsp3) is 0.231. The van der Waals surface area contributed by atoms with E-state index < -0.39 is 0 Å². The summed E-state index contributed by atoms with van der Waals surface area (Å²) in [7, 11) is 1.84. The minimum absolute atomic E-state index is 0.815. The Hall–Kier alpha value is -1.86. The van der Waals surface area contributed by atoms with Crippen LogP contribution in [-0.2, 0) is 6.42 Å². The quantitative estimate of drug-likeness (QED) is 0.801. The van der Waals surface area contributed by atoms with Gasteiger partial charge in [0.2, 0.25) is 5.13 Å². The molecule has 3 aromatic heterocycles. The van der Waals surface area contributed by atoms with Gasteiger partial charge in [-0.3, -0.25) is 4.98 Å². The average molecular weight is 303 g/mol. The predicted octanol–water partition coefficient (Wildman–Crippen LogP) is 3.33. The van der Waals surface area contributed by atoms with E-state index in [-0.39, 0.29) is 0 Å². The first-order valence-corrected chi connectivity index (χ1v) is 7.88. The number of nitrogens with zero attached hydrogens (tertiary/aromatic N) is 4. The number of hydrogen-bond acceptors (Lipinski definition) is 7. The molecular weight excluding hydrogens is 290 g/mol. The Morgan fingerprint density at radius 1 is 1.15 bits per heavy atom. The third-order valence-corrected chi connectivity index (χ3v) is 4.96. The molecule has 0 spiro atoms. The lowest BCUT2D eigenvalue weighted by Gasteiger charge is -1.92. The zero-order chi connectivity index (χ0) is 13.9. The van der Waals surface area contributed by atoms with E-state index in [1.165, 1.54) is 0 Å². The molecule has 0 aromatic carbocycles. The highest BCUT2D eigenvalue weighted by molar-refractivity contribution is 7.24. The van der Waals surface area contributed by atoms with Gasteiger partial charge in [-0.15, -0.1) is 21.5 Å². The number of aryl methyl sites for hydroxylation is 1. The van der Waals surface area contributed by atoms with Crippen molar-refractivity contribution in [2.45, 2.75) is 13.3 Å². The molecule has 20 heavy (non-hydrogen) atoms. The van der Waals surface area contributed by atoms with Crippen molar-refractivity contribution in [2.75, 3.05) is 12.4 Å². The summed E-state index contributed by atoms with van der Waals surface area (Å²) in [4.78, 5) is 10.1. The number of rotatable bonds is 4. The zero-order valence-electron chi connectivity index (χ0n) is 11.1. The molecule has 0 saturated heterocycles. The molecular formula is C13H13N5S2. The molecule has 0 bridgehead atoms. The maximum atomic E-state index is 4.68. The molecule has 0 unspecified atom stereocenters. The summed E-state index contributed by atoms with van der Waals surface area (Å²) in [5, 5.41) is 14.0. The lowest BCUT2D eigenvalue weighted by Crippen LogP contribution is -1.85. The monoisotopic (exact) mass is 303 g/mol. The lowest BCUT2D eigenvalue weighted by atomic mass is 10.3. The summed E-state index contributed by atoms with van der Waals surface area (Å²) in [6.07, 6.45) is 2.65. The fourth-order valence-electron chi connectivity index (χ4n) is 1.77. The van der Waals surface area contributed by atoms with Gasteiger partial charge >= 0.3 is 0 Å². The van der Waals surface area contributed by atoms with Gasteiger partial charge in [0.1, 0.15) is 5.01 Å². The minimum atomic E-state index is 0.815. The second kappa shape index (κ2) is 5.64. The first kappa shape index (κ1) is 13.1. The van der Waals surface area contributed by atoms with Crippen LogP contribution < -0.4 is 5.32 Å². The van der Waals surface area contributed by atoms with Crippen molar-refractivity contribution >= 4 is 27.8 Å². The van der Waals surface area contributed by atoms with Crippen LogP contribution in [0.1, 0.15) is 12.6 Å². The van der Waals surface area contributed by atoms with Crippen molar-refractivity contribution in [2.24, 2.45) is 0 Å². The molecule has 7 heteroatoms. The van der Waals surface area contributed by atoms with Crippen LogP contribution in [0.2, 0.25) is 0 Å². The van der Waals surface area contributed by atoms with E-state index in [9.17, 15) is 0 Å². The summed E-state index contributed by atoms with van der Waals surface area (Å²) in [5.74, 6) is 0. The van der Waals surface area contributed by atoms with Gasteiger partial charge in [0.15, 0.2) is 5.01 Å². The predicted molar refractivity (Wildman–Crippen MR) is 83.2 cm³/mol. The Labute approximate surface area is 124 Å². The lowest BCUT2D eigenvalue weighted by molar-refractivity contribution is 1.05. The van der Waals surface area contributed by atoms with Crippen LogP contribution in [0.4, 0.5) is 5.13 Å². The molecule has 0 aliphatic carbocycles. The van der Waals surface area contributed by atoms with Gasteiger partial charge in [0, 0.05) is 13.2 Å². The summed E-state index contributed by atoms with van der Waals surface area (Å²) in [6.45, 7) is 2.10. The molecule has 3 aromatic rings. The van der Waals surface area contributed by atoms with Gasteiger partial charge in [-0.25, -0.2) is 4.98 Å². The first-order chi connectivity index (χ1) is 9.81. The topological polar surface area (TPSA) is 63.6 Å². The first-order valence-electron chi connectivity index (χ1n) is 6.24. The molecule has 1 N–H and O–H groups in total. The third-order valence-electron chi connectivity index (χ3n) is 2.75. The van der Waals surface area contributed by atoms with E-state index in [1.54, 1.807) is 28.9 Å². The molecule has 102 valence electrons. The Balaban J connectivity index is 2.05. The van der Waals surface area contributed by atoms with Crippen molar-refractivity contribution in [1.29, 1.82) is 0 Å². The fourth-order valence-corrected chi connectivity index (χ4v) is 3.69. The van der Waals surface area contributed by atoms with Gasteiger partial charge in [0.05, 0.1) is 16.3 Å². The van der Waals surface area contributed by atoms with Crippen LogP contribution >= 0.6 is 22.7 Å². The van der Waals surface area contributed by atoms with Crippen LogP contribution in [0.5, 0.6) is 0 Å². The molecule has 3 rings (SSSR count). The van der Waals surface area contributed by atoms with Gasteiger partial charge in [-0.1, -0.05) is 24.3 Å². The molecule has 0 aliphatic rings. The van der Waals surface area contributed by atoms with Crippen LogP contribution in [0.25, 0.3) is 20.6 Å². The highest BCUT2D eigenvalue weighted by Gasteiger charge is 2.17. The second-order valence-corrected chi connectivity index (χ2v) is 6.00. The van der Waals surface area contributed by atoms with Crippen LogP contribution in [0.3, 0.4) is 0 Å². The Bertz CT molecular complexity index is 705. The number of hydrogen-bond donors (Lipinski definition) is 1. The Morgan fingerprint density at radius 3 is 2.70 bits per heavy atom. The Morgan fingerprint density at radius 2 is 2.05 bits per heavy atom. The van der Waals surface area contributed by atoms with E-state index in [0.29, 0.717) is 0 Å². The van der Waals surface area contributed by atoms with E-state index in [2.05, 4.69) is 32.4 Å². The van der Waals surface area contributed by atoms with Gasteiger partial charge in [-0.2, -0.15) is 0 Å². The number of anilines is 1. The van der Waals surface area contributed by atoms with E-state index >= 15 is 0 Å². The third kappa shape index (κ3) is 2.41. The highest BCUT2D eigenvalue weighted by Crippen LogP contribution is 2.37. The summed E-state index contributed by atoms with van der Waals surface area (Å²) < 4.78 is 0. The standard InChI is InChI=1S/C13H13N5S2/c1-3-8-10(12-17-18-13(14-2)20-12)19-11(16-8)9-6-4-5-7-15-9/h4-7H,3H2,1-2H3,(H,14,18). The summed E-state index contributed by atoms with van der Waals surface area (Å²) >= 11 is 3.16. The Kier molecular flexibility index (Phi) is 3.70. The largest absolute Gasteiger partial charge is 0.363 e. The van der Waals surface area contributed by atoms with Crippen LogP contribution in [0, 0.1) is 0 Å². The van der Waals surface area contributed by atoms with Crippen LogP contribution in [0.15, 0.2) is 24.4 Å². The van der Waals surface area contributed by atoms with Gasteiger partial charge < -0.3 is 5.32 Å². The molecule has 0 atom stereocenters. The number of nitrogens with one attached hydrogen (secondary N) is 1. The normalized spacial score (nSPS) is 10.7. The maximum absolute atomic E-state index is 4.68. The van der Waals surface area contributed by atoms with Crippen molar-refractivity contribution in [3.05, 3.63) is 30.1 Å². The molecule has 5 nitrogen and oxygen atoms in total. The molecule has 3 heterocycles. The smallest absolute Gasteiger partial charge is 0.205 e. The van der Waals surface area contributed by atoms with Crippen molar-refractivity contribution in [1.82, 2.24) is 20.2 Å². The number of aromatic nitrogens is 4. The molecule has 0 amide bonds. The van der Waals surface area contributed by atoms with E-state index in [1.807, 2.05) is 25.2 Å². The molecule has 0 aliphatic heterocycles. The second-order valence-electron chi connectivity index (χ2n) is 4.03. The van der Waals surface area contributed by atoms with Gasteiger partial charge in [-0.05, 0) is 18.6 Å². The van der Waals surface area contributed by atoms with E-state index in [4.69, 9.17) is 0 Å². The maximum Gasteiger partial charge on any atom is 0.205 e. The zero-order valence-corrected chi connectivity index (χ0v) is 12.8. The number of thiazole rings is 1. The SMILES string of the molecule is CCc1nc(-c2ccccn2)sc1-c1nnc(NC)s1. The minimum Gasteiger partial charge on any atom is -0.363 e. The summed E-state index contributed by atoms with van der Waals surface area (Å²) in [5.41, 5.74) is 1.95. The highest BCUT2D eigenvalue weighted by atomic mass is 32.1. The van der Waals surface area contributed by atoms with Crippen LogP contribution in [-0.4, -0.2) is 27.2 Å². The van der Waals surface area contributed by atoms with Crippen molar-refractivity contribution < 1.29 is 0 Å². The number of pyridine rings is 1. The average Bonchev–Trinajstić information content (AvgIpc) is 3.14. The van der Waals surface area contributed by atoms with E-state index in [0.717, 1.165) is 37.8 Å². The molecule has 0 saturated carbocycles. The van der Waals surface area contributed by atoms with Crippen molar-refractivity contribution in [3.8, 4) is 20.6 Å². The molecule has 0 fully saturated rings. The van der Waals surface area contributed by atoms with Crippen molar-refractivity contribution in [3.63, 3.8) is 0 Å².